The van der Waals surface area contributed by atoms with Crippen LogP contribution in [0.4, 0.5) is 0 Å². The van der Waals surface area contributed by atoms with Crippen LogP contribution in [-0.4, -0.2) is 123 Å². The molecule has 2 saturated heterocycles. The van der Waals surface area contributed by atoms with Crippen LogP contribution in [0.3, 0.4) is 0 Å². The molecule has 48 heavy (non-hydrogen) atoms. The Labute approximate surface area is 280 Å². The molecule has 2 aliphatic carbocycles. The summed E-state index contributed by atoms with van der Waals surface area (Å²) in [5.74, 6) is -2.01. The van der Waals surface area contributed by atoms with Crippen molar-refractivity contribution >= 4 is 17.5 Å². The van der Waals surface area contributed by atoms with E-state index in [9.17, 15) is 29.7 Å². The van der Waals surface area contributed by atoms with Gasteiger partial charge >= 0.3 is 0 Å². The first-order valence-electron chi connectivity index (χ1n) is 16.6. The number of fused-ring (bicyclic) bond motifs is 3. The van der Waals surface area contributed by atoms with E-state index in [0.29, 0.717) is 37.1 Å². The first-order valence-corrected chi connectivity index (χ1v) is 16.6. The number of amides is 1. The lowest BCUT2D eigenvalue weighted by Gasteiger charge is -2.43. The molecule has 6 rings (SSSR count). The number of nitrogens with zero attached hydrogens (tertiary/aromatic N) is 1. The van der Waals surface area contributed by atoms with Gasteiger partial charge in [-0.3, -0.25) is 19.3 Å². The lowest BCUT2D eigenvalue weighted by Crippen LogP contribution is -2.57. The molecule has 5 N–H and O–H groups in total. The van der Waals surface area contributed by atoms with Gasteiger partial charge in [0.25, 0.3) is 0 Å². The number of phenols is 2. The van der Waals surface area contributed by atoms with Crippen molar-refractivity contribution in [3.05, 3.63) is 51.6 Å². The van der Waals surface area contributed by atoms with Crippen LogP contribution in [0.15, 0.2) is 18.2 Å². The Morgan fingerprint density at radius 2 is 1.75 bits per heavy atom. The van der Waals surface area contributed by atoms with Crippen molar-refractivity contribution in [3.8, 4) is 17.2 Å². The fourth-order valence-corrected chi connectivity index (χ4v) is 7.09. The van der Waals surface area contributed by atoms with Crippen molar-refractivity contribution < 1.29 is 48.7 Å². The lowest BCUT2D eigenvalue weighted by molar-refractivity contribution is -0.190. The number of carbonyl (C=O) groups excluding carboxylic acids is 3. The van der Waals surface area contributed by atoms with Crippen molar-refractivity contribution in [1.82, 2.24) is 15.5 Å². The van der Waals surface area contributed by atoms with Crippen molar-refractivity contribution in [2.75, 3.05) is 60.7 Å². The van der Waals surface area contributed by atoms with Crippen molar-refractivity contribution in [1.29, 1.82) is 0 Å². The molecule has 2 aliphatic heterocycles. The zero-order valence-electron chi connectivity index (χ0n) is 28.0. The van der Waals surface area contributed by atoms with E-state index >= 15 is 0 Å². The van der Waals surface area contributed by atoms with E-state index in [2.05, 4.69) is 15.5 Å². The smallest absolute Gasteiger partial charge is 0.223 e. The van der Waals surface area contributed by atoms with E-state index in [1.807, 2.05) is 14.0 Å². The number of hydrogen-bond donors (Lipinski definition) is 5. The minimum absolute atomic E-state index is 0.0804. The van der Waals surface area contributed by atoms with Gasteiger partial charge < -0.3 is 44.9 Å². The van der Waals surface area contributed by atoms with Gasteiger partial charge in [-0.15, -0.1) is 0 Å². The number of aliphatic hydroxyl groups is 1. The van der Waals surface area contributed by atoms with Crippen LogP contribution in [0.5, 0.6) is 17.2 Å². The predicted octanol–water partition coefficient (Wildman–Crippen LogP) is 1.54. The van der Waals surface area contributed by atoms with Gasteiger partial charge in [0.05, 0.1) is 42.6 Å². The number of aliphatic hydroxyl groups excluding tert-OH is 1. The maximum absolute atomic E-state index is 13.3. The number of rotatable bonds is 8. The van der Waals surface area contributed by atoms with Crippen molar-refractivity contribution in [2.24, 2.45) is 5.92 Å². The number of carbonyl (C=O) groups is 3. The average molecular weight is 670 g/mol. The molecule has 0 bridgehead atoms. The van der Waals surface area contributed by atoms with E-state index in [0.717, 1.165) is 39.1 Å². The third kappa shape index (κ3) is 7.07. The summed E-state index contributed by atoms with van der Waals surface area (Å²) >= 11 is 0. The highest BCUT2D eigenvalue weighted by atomic mass is 16.7. The van der Waals surface area contributed by atoms with Gasteiger partial charge in [-0.05, 0) is 58.7 Å². The third-order valence-corrected chi connectivity index (χ3v) is 9.77. The number of aromatic hydroxyl groups is 2. The van der Waals surface area contributed by atoms with Gasteiger partial charge in [0.15, 0.2) is 12.1 Å². The highest BCUT2D eigenvalue weighted by molar-refractivity contribution is 6.31. The van der Waals surface area contributed by atoms with Gasteiger partial charge in [-0.25, -0.2) is 0 Å². The minimum Gasteiger partial charge on any atom is -0.507 e. The van der Waals surface area contributed by atoms with Crippen LogP contribution in [0, 0.1) is 5.92 Å². The monoisotopic (exact) mass is 669 g/mol. The van der Waals surface area contributed by atoms with Crippen molar-refractivity contribution in [3.63, 3.8) is 0 Å². The number of benzene rings is 2. The maximum atomic E-state index is 13.3. The average Bonchev–Trinajstić information content (AvgIpc) is 3.11. The molecule has 0 saturated carbocycles. The Balaban J connectivity index is 0.000000236. The van der Waals surface area contributed by atoms with Crippen LogP contribution in [0.25, 0.3) is 0 Å². The fourth-order valence-electron chi connectivity index (χ4n) is 7.09. The van der Waals surface area contributed by atoms with E-state index < -0.39 is 17.7 Å². The van der Waals surface area contributed by atoms with E-state index in [4.69, 9.17) is 18.9 Å². The predicted molar refractivity (Wildman–Crippen MR) is 175 cm³/mol. The highest BCUT2D eigenvalue weighted by Gasteiger charge is 2.41. The first kappa shape index (κ1) is 35.7. The van der Waals surface area contributed by atoms with Crippen molar-refractivity contribution in [2.45, 2.75) is 63.6 Å². The number of phenolic OH excluding ortho intramolecular Hbond substituents is 2. The van der Waals surface area contributed by atoms with Gasteiger partial charge in [0.1, 0.15) is 17.2 Å². The molecule has 2 aromatic carbocycles. The summed E-state index contributed by atoms with van der Waals surface area (Å²) in [4.78, 5) is 41.3. The minimum atomic E-state index is -0.563. The molecule has 1 amide bonds. The van der Waals surface area contributed by atoms with Crippen LogP contribution in [0.2, 0.25) is 0 Å². The zero-order valence-corrected chi connectivity index (χ0v) is 28.0. The summed E-state index contributed by atoms with van der Waals surface area (Å²) in [6.07, 6.45) is 1.99. The van der Waals surface area contributed by atoms with Gasteiger partial charge in [0.2, 0.25) is 11.7 Å². The molecule has 2 heterocycles. The second kappa shape index (κ2) is 15.7. The lowest BCUT2D eigenvalue weighted by atomic mass is 9.75. The Morgan fingerprint density at radius 1 is 1.00 bits per heavy atom. The second-order valence-electron chi connectivity index (χ2n) is 12.6. The number of hydrogen-bond acceptors (Lipinski definition) is 12. The molecule has 0 aromatic heterocycles. The highest BCUT2D eigenvalue weighted by Crippen LogP contribution is 2.47. The third-order valence-electron chi connectivity index (χ3n) is 9.77. The maximum Gasteiger partial charge on any atom is 0.223 e. The standard InChI is InChI=1S/C24H26N2O6.C11H21NO4/c1-25-9-4-10-26-24(31)12-7-8-13-15(11-12)22(29)18-19(20(13)27)23(30)17-14(21(18)28)5-3-6-16(17)32-2;1-8-11(13)9(3-5-15-8)12-4-6-16-10(7-12)14-2/h3,5-6,12,25,27,29H,4,7-11H2,1-2H3,(H,26,31);8-11,13H,3-7H2,1-2H3. The quantitative estimate of drug-likeness (QED) is 0.173. The molecule has 5 atom stereocenters. The molecular formula is C35H47N3O10. The SMILES string of the molecule is CNCCCNC(=O)C1CCc2c(O)c3c(c(O)c2C1)C(=O)c1cccc(OC)c1C3=O.COC1CN(C2CCOC(C)C2O)CCO1. The molecule has 262 valence electrons. The van der Waals surface area contributed by atoms with E-state index in [1.54, 1.807) is 19.2 Å². The molecular weight excluding hydrogens is 622 g/mol. The van der Waals surface area contributed by atoms with Gasteiger partial charge in [-0.1, -0.05) is 12.1 Å². The molecule has 0 radical (unpaired) electrons. The topological polar surface area (TPSA) is 176 Å². The number of methoxy groups -OCH3 is 2. The van der Waals surface area contributed by atoms with Gasteiger partial charge in [0, 0.05) is 62.0 Å². The molecule has 0 spiro atoms. The molecule has 2 fully saturated rings. The Morgan fingerprint density at radius 3 is 2.48 bits per heavy atom. The van der Waals surface area contributed by atoms with Crippen LogP contribution >= 0.6 is 0 Å². The van der Waals surface area contributed by atoms with Crippen LogP contribution in [-0.2, 0) is 31.8 Å². The molecule has 13 nitrogen and oxygen atoms in total. The molecule has 5 unspecified atom stereocenters. The second-order valence-corrected chi connectivity index (χ2v) is 12.6. The molecule has 2 aromatic rings. The summed E-state index contributed by atoms with van der Waals surface area (Å²) < 4.78 is 21.3. The van der Waals surface area contributed by atoms with E-state index in [-0.39, 0.29) is 76.2 Å². The number of ketones is 2. The summed E-state index contributed by atoms with van der Waals surface area (Å²) in [5, 5.41) is 38.0. The Hall–Kier alpha value is -3.59. The number of nitrogens with one attached hydrogen (secondary N) is 2. The Kier molecular flexibility index (Phi) is 11.7. The van der Waals surface area contributed by atoms with Crippen LogP contribution < -0.4 is 15.4 Å². The largest absolute Gasteiger partial charge is 0.507 e. The van der Waals surface area contributed by atoms with Gasteiger partial charge in [-0.2, -0.15) is 0 Å². The van der Waals surface area contributed by atoms with E-state index in [1.165, 1.54) is 13.2 Å². The summed E-state index contributed by atoms with van der Waals surface area (Å²) in [7, 11) is 4.89. The van der Waals surface area contributed by atoms with Crippen LogP contribution in [0.1, 0.15) is 69.2 Å². The normalized spacial score (nSPS) is 25.2. The summed E-state index contributed by atoms with van der Waals surface area (Å²) in [6.45, 7) is 6.21. The molecule has 4 aliphatic rings. The first-order chi connectivity index (χ1) is 23.1. The fraction of sp³-hybridized carbons (Fsp3) is 0.571. The zero-order chi connectivity index (χ0) is 34.5. The summed E-state index contributed by atoms with van der Waals surface area (Å²) in [6, 6.07) is 4.84. The number of ether oxygens (including phenoxy) is 4. The molecule has 13 heteroatoms. The Bertz CT molecular complexity index is 1510. The summed E-state index contributed by atoms with van der Waals surface area (Å²) in [5.41, 5.74) is 0.568. The number of morpholine rings is 1.